The molecule has 1 aromatic carbocycles. The first kappa shape index (κ1) is 14.8. The number of nitrogens with two attached hydrogens (primary N) is 1. The molecule has 6 heteroatoms. The Morgan fingerprint density at radius 3 is 2.25 bits per heavy atom. The van der Waals surface area contributed by atoms with Crippen molar-refractivity contribution in [3.05, 3.63) is 17.7 Å². The molecule has 1 fully saturated rings. The monoisotopic (exact) mass is 286 g/mol. The van der Waals surface area contributed by atoms with E-state index in [4.69, 9.17) is 15.2 Å². The summed E-state index contributed by atoms with van der Waals surface area (Å²) in [5.74, 6) is 1.24. The highest BCUT2D eigenvalue weighted by Gasteiger charge is 2.34. The Labute approximate surface area is 117 Å². The lowest BCUT2D eigenvalue weighted by molar-refractivity contribution is 0.217. The molecule has 1 aliphatic heterocycles. The van der Waals surface area contributed by atoms with Crippen LogP contribution in [0.1, 0.15) is 5.56 Å². The Morgan fingerprint density at radius 2 is 1.75 bits per heavy atom. The first-order valence-corrected chi connectivity index (χ1v) is 6.58. The molecular formula is C14H20F2N2O2. The van der Waals surface area contributed by atoms with E-state index in [0.717, 1.165) is 5.56 Å². The molecule has 2 rings (SSSR count). The van der Waals surface area contributed by atoms with E-state index in [1.54, 1.807) is 18.1 Å². The van der Waals surface area contributed by atoms with Crippen LogP contribution in [0.4, 0.5) is 14.5 Å². The largest absolute Gasteiger partial charge is 0.496 e. The van der Waals surface area contributed by atoms with Gasteiger partial charge in [-0.2, -0.15) is 0 Å². The van der Waals surface area contributed by atoms with Crippen LogP contribution in [-0.2, 0) is 6.42 Å². The molecule has 0 amide bonds. The smallest absolute Gasteiger partial charge is 0.150 e. The summed E-state index contributed by atoms with van der Waals surface area (Å²) in [7, 11) is 3.10. The van der Waals surface area contributed by atoms with Crippen LogP contribution >= 0.6 is 0 Å². The molecule has 20 heavy (non-hydrogen) atoms. The van der Waals surface area contributed by atoms with Gasteiger partial charge in [0.1, 0.15) is 11.5 Å². The maximum Gasteiger partial charge on any atom is 0.150 e. The van der Waals surface area contributed by atoms with Crippen molar-refractivity contribution in [2.45, 2.75) is 18.8 Å². The van der Waals surface area contributed by atoms with E-state index in [9.17, 15) is 8.78 Å². The standard InChI is InChI=1S/C14H20F2N2O2/c1-19-13-6-12(18-7-10(15)11(16)8-18)14(20-2)5-9(13)3-4-17/h5-6,10-11H,3-4,7-8,17H2,1-2H3. The van der Waals surface area contributed by atoms with Crippen LogP contribution in [-0.4, -0.2) is 46.2 Å². The van der Waals surface area contributed by atoms with Gasteiger partial charge in [-0.25, -0.2) is 8.78 Å². The highest BCUT2D eigenvalue weighted by Crippen LogP contribution is 2.38. The van der Waals surface area contributed by atoms with Gasteiger partial charge in [0.15, 0.2) is 12.3 Å². The molecule has 0 spiro atoms. The zero-order chi connectivity index (χ0) is 14.7. The van der Waals surface area contributed by atoms with Crippen LogP contribution < -0.4 is 20.1 Å². The highest BCUT2D eigenvalue weighted by molar-refractivity contribution is 5.65. The van der Waals surface area contributed by atoms with Crippen molar-refractivity contribution in [1.82, 2.24) is 0 Å². The van der Waals surface area contributed by atoms with Crippen LogP contribution in [0.2, 0.25) is 0 Å². The number of ether oxygens (including phenoxy) is 2. The van der Waals surface area contributed by atoms with Crippen molar-refractivity contribution in [3.8, 4) is 11.5 Å². The summed E-state index contributed by atoms with van der Waals surface area (Å²) in [4.78, 5) is 1.64. The molecule has 0 aliphatic carbocycles. The zero-order valence-electron chi connectivity index (χ0n) is 11.7. The number of rotatable bonds is 5. The Kier molecular flexibility index (Phi) is 4.65. The molecule has 1 aromatic rings. The van der Waals surface area contributed by atoms with Crippen molar-refractivity contribution in [1.29, 1.82) is 0 Å². The van der Waals surface area contributed by atoms with E-state index in [-0.39, 0.29) is 13.1 Å². The molecule has 2 atom stereocenters. The fourth-order valence-corrected chi connectivity index (χ4v) is 2.46. The molecule has 1 heterocycles. The molecule has 0 radical (unpaired) electrons. The SMILES string of the molecule is COc1cc(N2CC(F)C(F)C2)c(OC)cc1CCN. The van der Waals surface area contributed by atoms with Gasteiger partial charge in [-0.1, -0.05) is 0 Å². The Morgan fingerprint density at radius 1 is 1.15 bits per heavy atom. The summed E-state index contributed by atoms with van der Waals surface area (Å²) in [6, 6.07) is 3.58. The number of hydrogen-bond donors (Lipinski definition) is 1. The van der Waals surface area contributed by atoms with E-state index >= 15 is 0 Å². The summed E-state index contributed by atoms with van der Waals surface area (Å²) < 4.78 is 37.4. The van der Waals surface area contributed by atoms with Crippen molar-refractivity contribution in [3.63, 3.8) is 0 Å². The molecule has 1 aliphatic rings. The van der Waals surface area contributed by atoms with Gasteiger partial charge in [0.2, 0.25) is 0 Å². The van der Waals surface area contributed by atoms with Crippen LogP contribution in [0.15, 0.2) is 12.1 Å². The highest BCUT2D eigenvalue weighted by atomic mass is 19.2. The lowest BCUT2D eigenvalue weighted by atomic mass is 10.1. The van der Waals surface area contributed by atoms with E-state index in [2.05, 4.69) is 0 Å². The fraction of sp³-hybridized carbons (Fsp3) is 0.571. The topological polar surface area (TPSA) is 47.7 Å². The Bertz CT molecular complexity index is 461. The summed E-state index contributed by atoms with van der Waals surface area (Å²) in [6.07, 6.45) is -2.28. The number of anilines is 1. The molecule has 112 valence electrons. The van der Waals surface area contributed by atoms with Gasteiger partial charge in [0.25, 0.3) is 0 Å². The van der Waals surface area contributed by atoms with E-state index < -0.39 is 12.3 Å². The van der Waals surface area contributed by atoms with Crippen LogP contribution in [0, 0.1) is 0 Å². The second kappa shape index (κ2) is 6.26. The Balaban J connectivity index is 2.37. The van der Waals surface area contributed by atoms with Gasteiger partial charge in [-0.15, -0.1) is 0 Å². The van der Waals surface area contributed by atoms with Crippen molar-refractivity contribution in [2.75, 3.05) is 38.8 Å². The van der Waals surface area contributed by atoms with Gasteiger partial charge in [0.05, 0.1) is 33.0 Å². The van der Waals surface area contributed by atoms with Gasteiger partial charge < -0.3 is 20.1 Å². The summed E-state index contributed by atoms with van der Waals surface area (Å²) in [5, 5.41) is 0. The lowest BCUT2D eigenvalue weighted by Crippen LogP contribution is -2.21. The fourth-order valence-electron chi connectivity index (χ4n) is 2.46. The molecule has 0 aromatic heterocycles. The lowest BCUT2D eigenvalue weighted by Gasteiger charge is -2.22. The van der Waals surface area contributed by atoms with Crippen LogP contribution in [0.25, 0.3) is 0 Å². The number of methoxy groups -OCH3 is 2. The summed E-state index contributed by atoms with van der Waals surface area (Å²) >= 11 is 0. The number of alkyl halides is 2. The van der Waals surface area contributed by atoms with E-state index in [1.807, 2.05) is 6.07 Å². The van der Waals surface area contributed by atoms with E-state index in [0.29, 0.717) is 30.2 Å². The van der Waals surface area contributed by atoms with Crippen molar-refractivity contribution in [2.24, 2.45) is 5.73 Å². The summed E-state index contributed by atoms with van der Waals surface area (Å²) in [6.45, 7) is 0.537. The number of halogens is 2. The third-order valence-electron chi connectivity index (χ3n) is 3.52. The summed E-state index contributed by atoms with van der Waals surface area (Å²) in [5.41, 5.74) is 7.13. The van der Waals surface area contributed by atoms with Gasteiger partial charge >= 0.3 is 0 Å². The number of benzene rings is 1. The van der Waals surface area contributed by atoms with E-state index in [1.165, 1.54) is 7.11 Å². The van der Waals surface area contributed by atoms with Gasteiger partial charge in [-0.3, -0.25) is 0 Å². The maximum absolute atomic E-state index is 13.4. The van der Waals surface area contributed by atoms with Crippen molar-refractivity contribution >= 4 is 5.69 Å². The van der Waals surface area contributed by atoms with Crippen LogP contribution in [0.3, 0.4) is 0 Å². The molecular weight excluding hydrogens is 266 g/mol. The first-order chi connectivity index (χ1) is 9.60. The number of hydrogen-bond acceptors (Lipinski definition) is 4. The molecule has 0 bridgehead atoms. The number of nitrogens with zero attached hydrogens (tertiary/aromatic N) is 1. The average Bonchev–Trinajstić information content (AvgIpc) is 2.78. The molecule has 0 saturated carbocycles. The Hall–Kier alpha value is -1.56. The minimum atomic E-state index is -1.46. The van der Waals surface area contributed by atoms with Gasteiger partial charge in [-0.05, 0) is 24.6 Å². The minimum absolute atomic E-state index is 0.0247. The average molecular weight is 286 g/mol. The molecule has 2 N–H and O–H groups in total. The minimum Gasteiger partial charge on any atom is -0.496 e. The predicted molar refractivity (Wildman–Crippen MR) is 74.3 cm³/mol. The second-order valence-corrected chi connectivity index (χ2v) is 4.81. The van der Waals surface area contributed by atoms with Gasteiger partial charge in [0, 0.05) is 6.07 Å². The van der Waals surface area contributed by atoms with Crippen LogP contribution in [0.5, 0.6) is 11.5 Å². The molecule has 1 saturated heterocycles. The predicted octanol–water partition coefficient (Wildman–Crippen LogP) is 1.70. The first-order valence-electron chi connectivity index (χ1n) is 6.58. The second-order valence-electron chi connectivity index (χ2n) is 4.81. The maximum atomic E-state index is 13.4. The normalized spacial score (nSPS) is 22.1. The molecule has 2 unspecified atom stereocenters. The van der Waals surface area contributed by atoms with Crippen molar-refractivity contribution < 1.29 is 18.3 Å². The quantitative estimate of drug-likeness (QED) is 0.895. The molecule has 4 nitrogen and oxygen atoms in total. The zero-order valence-corrected chi connectivity index (χ0v) is 11.7. The third-order valence-corrected chi connectivity index (χ3v) is 3.52. The third kappa shape index (κ3) is 2.80.